The minimum Gasteiger partial charge on any atom is -0.365 e. The summed E-state index contributed by atoms with van der Waals surface area (Å²) in [6, 6.07) is 0. The van der Waals surface area contributed by atoms with E-state index in [1.54, 1.807) is 6.34 Å². The van der Waals surface area contributed by atoms with Crippen LogP contribution in [0.15, 0.2) is 41.1 Å². The second-order valence-electron chi connectivity index (χ2n) is 3.69. The molecule has 1 N–H and O–H groups in total. The van der Waals surface area contributed by atoms with Gasteiger partial charge in [-0.1, -0.05) is 18.7 Å². The van der Waals surface area contributed by atoms with Gasteiger partial charge in [-0.3, -0.25) is 4.99 Å². The zero-order valence-electron chi connectivity index (χ0n) is 8.29. The van der Waals surface area contributed by atoms with E-state index < -0.39 is 0 Å². The maximum absolute atomic E-state index is 5.39. The van der Waals surface area contributed by atoms with Crippen LogP contribution in [-0.2, 0) is 4.74 Å². The van der Waals surface area contributed by atoms with E-state index in [-0.39, 0.29) is 5.60 Å². The fraction of sp³-hybridized carbons (Fsp3) is 0.364. The molecule has 0 saturated carbocycles. The summed E-state index contributed by atoms with van der Waals surface area (Å²) in [7, 11) is 0. The van der Waals surface area contributed by atoms with Crippen LogP contribution in [-0.4, -0.2) is 25.1 Å². The molecule has 3 nitrogen and oxygen atoms in total. The van der Waals surface area contributed by atoms with Crippen LogP contribution in [0.5, 0.6) is 0 Å². The molecule has 0 aromatic carbocycles. The Balaban J connectivity index is 2.23. The topological polar surface area (TPSA) is 36.9 Å². The van der Waals surface area contributed by atoms with Crippen molar-refractivity contribution >= 4 is 6.34 Å². The summed E-state index contributed by atoms with van der Waals surface area (Å²) >= 11 is 0. The minimum absolute atomic E-state index is 0.106. The highest BCUT2D eigenvalue weighted by Gasteiger charge is 2.41. The molecule has 2 aliphatic heterocycles. The van der Waals surface area contributed by atoms with E-state index in [0.29, 0.717) is 6.54 Å². The summed E-state index contributed by atoms with van der Waals surface area (Å²) in [5, 5.41) is 3.00. The highest BCUT2D eigenvalue weighted by molar-refractivity contribution is 5.59. The van der Waals surface area contributed by atoms with E-state index >= 15 is 0 Å². The molecular formula is C11H14N2O. The Morgan fingerprint density at radius 2 is 2.43 bits per heavy atom. The summed E-state index contributed by atoms with van der Waals surface area (Å²) in [5.41, 5.74) is 1.89. The number of nitrogens with one attached hydrogen (secondary N) is 1. The number of allylic oxidation sites excluding steroid dienone is 1. The molecule has 14 heavy (non-hydrogen) atoms. The van der Waals surface area contributed by atoms with E-state index in [1.807, 2.05) is 12.2 Å². The second-order valence-corrected chi connectivity index (χ2v) is 3.69. The van der Waals surface area contributed by atoms with Gasteiger partial charge in [0.25, 0.3) is 0 Å². The van der Waals surface area contributed by atoms with Crippen molar-refractivity contribution in [2.24, 2.45) is 4.99 Å². The maximum Gasteiger partial charge on any atom is 0.114 e. The highest BCUT2D eigenvalue weighted by Crippen LogP contribution is 2.35. The molecule has 74 valence electrons. The normalized spacial score (nSPS) is 31.2. The van der Waals surface area contributed by atoms with Crippen LogP contribution >= 0.6 is 0 Å². The van der Waals surface area contributed by atoms with Gasteiger partial charge in [0, 0.05) is 5.70 Å². The molecule has 1 saturated heterocycles. The van der Waals surface area contributed by atoms with Crippen LogP contribution in [0.2, 0.25) is 0 Å². The monoisotopic (exact) mass is 190 g/mol. The standard InChI is InChI=1S/C11H14N2O/c1-9-6-10(11(2)7-14-11)4-3-5-12-8-13-9/h3-4,6,8H,1,5,7H2,2H3,(H,12,13). The fourth-order valence-electron chi connectivity index (χ4n) is 1.30. The molecule has 2 aliphatic rings. The summed E-state index contributed by atoms with van der Waals surface area (Å²) in [6.07, 6.45) is 7.75. The number of hydrogen-bond acceptors (Lipinski definition) is 3. The first-order chi connectivity index (χ1) is 6.71. The summed E-state index contributed by atoms with van der Waals surface area (Å²) < 4.78 is 5.39. The number of nitrogens with zero attached hydrogens (tertiary/aromatic N) is 1. The summed E-state index contributed by atoms with van der Waals surface area (Å²) in [4.78, 5) is 4.12. The molecule has 0 radical (unpaired) electrons. The Morgan fingerprint density at radius 3 is 3.14 bits per heavy atom. The molecule has 0 aromatic rings. The quantitative estimate of drug-likeness (QED) is 0.635. The highest BCUT2D eigenvalue weighted by atomic mass is 16.6. The van der Waals surface area contributed by atoms with Gasteiger partial charge >= 0.3 is 0 Å². The lowest BCUT2D eigenvalue weighted by Crippen LogP contribution is -2.11. The average molecular weight is 190 g/mol. The second kappa shape index (κ2) is 3.42. The van der Waals surface area contributed by atoms with Crippen LogP contribution in [0.4, 0.5) is 0 Å². The minimum atomic E-state index is -0.106. The van der Waals surface area contributed by atoms with Gasteiger partial charge in [0.15, 0.2) is 0 Å². The lowest BCUT2D eigenvalue weighted by Gasteiger charge is -2.07. The first-order valence-electron chi connectivity index (χ1n) is 4.67. The molecule has 0 spiro atoms. The third-order valence-electron chi connectivity index (χ3n) is 2.37. The Morgan fingerprint density at radius 1 is 1.64 bits per heavy atom. The predicted molar refractivity (Wildman–Crippen MR) is 57.2 cm³/mol. The van der Waals surface area contributed by atoms with Crippen molar-refractivity contribution in [3.63, 3.8) is 0 Å². The van der Waals surface area contributed by atoms with Gasteiger partial charge < -0.3 is 10.1 Å². The first-order valence-corrected chi connectivity index (χ1v) is 4.67. The number of aliphatic imine (C=N–C) groups is 1. The fourth-order valence-corrected chi connectivity index (χ4v) is 1.30. The van der Waals surface area contributed by atoms with Crippen LogP contribution < -0.4 is 5.32 Å². The van der Waals surface area contributed by atoms with E-state index in [4.69, 9.17) is 4.74 Å². The molecule has 0 bridgehead atoms. The van der Waals surface area contributed by atoms with Crippen LogP contribution in [0.25, 0.3) is 0 Å². The molecule has 0 aliphatic carbocycles. The van der Waals surface area contributed by atoms with E-state index in [0.717, 1.165) is 17.9 Å². The number of rotatable bonds is 1. The number of ether oxygens (including phenoxy) is 1. The zero-order valence-corrected chi connectivity index (χ0v) is 8.29. The van der Waals surface area contributed by atoms with E-state index in [1.165, 1.54) is 0 Å². The smallest absolute Gasteiger partial charge is 0.114 e. The lowest BCUT2D eigenvalue weighted by molar-refractivity contribution is 0.361. The Labute approximate surface area is 83.9 Å². The van der Waals surface area contributed by atoms with Gasteiger partial charge in [0.05, 0.1) is 19.5 Å². The van der Waals surface area contributed by atoms with Crippen molar-refractivity contribution in [1.82, 2.24) is 5.32 Å². The van der Waals surface area contributed by atoms with E-state index in [9.17, 15) is 0 Å². The van der Waals surface area contributed by atoms with Gasteiger partial charge in [0.2, 0.25) is 0 Å². The third-order valence-corrected chi connectivity index (χ3v) is 2.37. The average Bonchev–Trinajstić information content (AvgIpc) is 2.85. The van der Waals surface area contributed by atoms with Crippen LogP contribution in [0.3, 0.4) is 0 Å². The molecule has 1 atom stereocenters. The Bertz CT molecular complexity index is 335. The summed E-state index contributed by atoms with van der Waals surface area (Å²) in [6.45, 7) is 7.44. The van der Waals surface area contributed by atoms with Gasteiger partial charge in [-0.2, -0.15) is 0 Å². The lowest BCUT2D eigenvalue weighted by atomic mass is 10.0. The van der Waals surface area contributed by atoms with Crippen LogP contribution in [0.1, 0.15) is 6.92 Å². The van der Waals surface area contributed by atoms with Crippen molar-refractivity contribution in [3.05, 3.63) is 36.1 Å². The molecule has 3 heteroatoms. The van der Waals surface area contributed by atoms with Crippen molar-refractivity contribution < 1.29 is 4.74 Å². The van der Waals surface area contributed by atoms with Crippen molar-refractivity contribution in [3.8, 4) is 0 Å². The van der Waals surface area contributed by atoms with Crippen molar-refractivity contribution in [2.75, 3.05) is 13.2 Å². The van der Waals surface area contributed by atoms with E-state index in [2.05, 4.69) is 29.9 Å². The third kappa shape index (κ3) is 1.93. The first kappa shape index (κ1) is 9.21. The molecule has 2 heterocycles. The van der Waals surface area contributed by atoms with Crippen molar-refractivity contribution in [1.29, 1.82) is 0 Å². The largest absolute Gasteiger partial charge is 0.365 e. The number of hydrogen-bond donors (Lipinski definition) is 1. The number of epoxide rings is 1. The molecule has 0 aromatic heterocycles. The molecule has 1 fully saturated rings. The van der Waals surface area contributed by atoms with Gasteiger partial charge in [-0.15, -0.1) is 0 Å². The molecule has 2 rings (SSSR count). The predicted octanol–water partition coefficient (Wildman–Crippen LogP) is 1.40. The van der Waals surface area contributed by atoms with Crippen LogP contribution in [0, 0.1) is 0 Å². The molecule has 1 unspecified atom stereocenters. The SMILES string of the molecule is C=C1C=C(C2(C)CO2)C=CCN=CN1. The zero-order chi connectivity index (χ0) is 10.0. The molecular weight excluding hydrogens is 176 g/mol. The Hall–Kier alpha value is -1.35. The van der Waals surface area contributed by atoms with Gasteiger partial charge in [-0.25, -0.2) is 0 Å². The van der Waals surface area contributed by atoms with Gasteiger partial charge in [0.1, 0.15) is 5.60 Å². The van der Waals surface area contributed by atoms with Crippen molar-refractivity contribution in [2.45, 2.75) is 12.5 Å². The molecule has 0 amide bonds. The Kier molecular flexibility index (Phi) is 2.25. The van der Waals surface area contributed by atoms with Gasteiger partial charge in [-0.05, 0) is 18.6 Å². The summed E-state index contributed by atoms with van der Waals surface area (Å²) in [5.74, 6) is 0. The maximum atomic E-state index is 5.39.